The van der Waals surface area contributed by atoms with Crippen LogP contribution in [-0.4, -0.2) is 18.6 Å². The van der Waals surface area contributed by atoms with E-state index < -0.39 is 0 Å². The van der Waals surface area contributed by atoms with Crippen molar-refractivity contribution in [3.8, 4) is 0 Å². The van der Waals surface area contributed by atoms with E-state index in [1.54, 1.807) is 12.1 Å². The van der Waals surface area contributed by atoms with Gasteiger partial charge in [-0.15, -0.1) is 0 Å². The molecule has 0 fully saturated rings. The average Bonchev–Trinajstić information content (AvgIpc) is 2.40. The third-order valence-electron chi connectivity index (χ3n) is 3.91. The van der Waals surface area contributed by atoms with Crippen LogP contribution in [-0.2, 0) is 6.42 Å². The van der Waals surface area contributed by atoms with Crippen LogP contribution in [0.1, 0.15) is 39.2 Å². The fourth-order valence-corrected chi connectivity index (χ4v) is 2.27. The molecule has 0 saturated carbocycles. The first-order valence-corrected chi connectivity index (χ1v) is 7.22. The van der Waals surface area contributed by atoms with E-state index in [1.807, 2.05) is 6.07 Å². The Hall–Kier alpha value is -0.930. The third-order valence-corrected chi connectivity index (χ3v) is 3.91. The molecule has 1 unspecified atom stereocenters. The monoisotopic (exact) mass is 266 g/mol. The first-order chi connectivity index (χ1) is 9.03. The number of nitrogens with two attached hydrogens (primary N) is 1. The summed E-state index contributed by atoms with van der Waals surface area (Å²) < 4.78 is 13.2. The van der Waals surface area contributed by atoms with Gasteiger partial charge in [-0.3, -0.25) is 0 Å². The second-order valence-electron chi connectivity index (χ2n) is 5.63. The molecule has 3 N–H and O–H groups in total. The van der Waals surface area contributed by atoms with Crippen molar-refractivity contribution in [1.29, 1.82) is 0 Å². The lowest BCUT2D eigenvalue weighted by Gasteiger charge is -2.31. The normalized spacial score (nSPS) is 14.6. The molecule has 0 spiro atoms. The van der Waals surface area contributed by atoms with Crippen molar-refractivity contribution in [1.82, 2.24) is 5.32 Å². The van der Waals surface area contributed by atoms with Gasteiger partial charge in [0.15, 0.2) is 0 Å². The van der Waals surface area contributed by atoms with E-state index in [0.29, 0.717) is 12.5 Å². The number of halogens is 1. The Morgan fingerprint density at radius 1 is 1.32 bits per heavy atom. The molecular formula is C16H27FN2. The van der Waals surface area contributed by atoms with E-state index in [-0.39, 0.29) is 11.4 Å². The highest BCUT2D eigenvalue weighted by molar-refractivity contribution is 5.19. The summed E-state index contributed by atoms with van der Waals surface area (Å²) in [5.41, 5.74) is 6.73. The zero-order valence-corrected chi connectivity index (χ0v) is 12.4. The lowest BCUT2D eigenvalue weighted by Crippen LogP contribution is -2.51. The Balaban J connectivity index is 2.64. The fourth-order valence-electron chi connectivity index (χ4n) is 2.27. The van der Waals surface area contributed by atoms with E-state index in [1.165, 1.54) is 18.9 Å². The number of hydrogen-bond donors (Lipinski definition) is 2. The predicted octanol–water partition coefficient (Wildman–Crippen LogP) is 3.11. The minimum atomic E-state index is -0.183. The highest BCUT2D eigenvalue weighted by Gasteiger charge is 2.23. The maximum atomic E-state index is 13.2. The molecule has 0 aliphatic carbocycles. The number of rotatable bonds is 8. The summed E-state index contributed by atoms with van der Waals surface area (Å²) in [5.74, 6) is 0.496. The maximum Gasteiger partial charge on any atom is 0.123 e. The zero-order chi connectivity index (χ0) is 14.3. The van der Waals surface area contributed by atoms with E-state index in [0.717, 1.165) is 18.5 Å². The first-order valence-electron chi connectivity index (χ1n) is 7.22. The molecule has 3 heteroatoms. The summed E-state index contributed by atoms with van der Waals surface area (Å²) in [5, 5.41) is 3.57. The molecule has 0 radical (unpaired) electrons. The van der Waals surface area contributed by atoms with Crippen LogP contribution in [0.2, 0.25) is 0 Å². The molecule has 0 bridgehead atoms. The van der Waals surface area contributed by atoms with E-state index in [9.17, 15) is 4.39 Å². The minimum absolute atomic E-state index is 0.170. The Morgan fingerprint density at radius 2 is 2.00 bits per heavy atom. The smallest absolute Gasteiger partial charge is 0.123 e. The van der Waals surface area contributed by atoms with Crippen molar-refractivity contribution in [3.05, 3.63) is 35.6 Å². The molecule has 1 aromatic rings. The molecule has 1 aromatic carbocycles. The first kappa shape index (κ1) is 16.1. The SMILES string of the molecule is CCC(CC)CNC(C)(CN)Cc1cccc(F)c1. The molecule has 2 nitrogen and oxygen atoms in total. The summed E-state index contributed by atoms with van der Waals surface area (Å²) in [6.45, 7) is 8.05. The van der Waals surface area contributed by atoms with Gasteiger partial charge in [-0.1, -0.05) is 38.8 Å². The van der Waals surface area contributed by atoms with E-state index >= 15 is 0 Å². The molecule has 19 heavy (non-hydrogen) atoms. The van der Waals surface area contributed by atoms with Crippen LogP contribution in [0.25, 0.3) is 0 Å². The van der Waals surface area contributed by atoms with Crippen molar-refractivity contribution >= 4 is 0 Å². The van der Waals surface area contributed by atoms with E-state index in [2.05, 4.69) is 26.1 Å². The summed E-state index contributed by atoms with van der Waals surface area (Å²) in [6.07, 6.45) is 3.09. The van der Waals surface area contributed by atoms with Crippen molar-refractivity contribution in [2.45, 2.75) is 45.6 Å². The van der Waals surface area contributed by atoms with Crippen LogP contribution in [0.15, 0.2) is 24.3 Å². The van der Waals surface area contributed by atoms with Gasteiger partial charge in [0.2, 0.25) is 0 Å². The van der Waals surface area contributed by atoms with Crippen LogP contribution in [0.4, 0.5) is 4.39 Å². The standard InChI is InChI=1S/C16H27FN2/c1-4-13(5-2)11-19-16(3,12-18)10-14-7-6-8-15(17)9-14/h6-9,13,19H,4-5,10-12,18H2,1-3H3. The van der Waals surface area contributed by atoms with Gasteiger partial charge in [0.25, 0.3) is 0 Å². The molecular weight excluding hydrogens is 239 g/mol. The molecule has 0 aliphatic heterocycles. The van der Waals surface area contributed by atoms with Crippen molar-refractivity contribution in [3.63, 3.8) is 0 Å². The largest absolute Gasteiger partial charge is 0.329 e. The van der Waals surface area contributed by atoms with Crippen molar-refractivity contribution < 1.29 is 4.39 Å². The quantitative estimate of drug-likeness (QED) is 0.758. The Labute approximate surface area is 116 Å². The number of benzene rings is 1. The van der Waals surface area contributed by atoms with E-state index in [4.69, 9.17) is 5.73 Å². The number of nitrogens with one attached hydrogen (secondary N) is 1. The van der Waals surface area contributed by atoms with Crippen LogP contribution < -0.4 is 11.1 Å². The molecule has 0 heterocycles. The lowest BCUT2D eigenvalue weighted by molar-refractivity contribution is 0.319. The minimum Gasteiger partial charge on any atom is -0.329 e. The average molecular weight is 266 g/mol. The topological polar surface area (TPSA) is 38.0 Å². The fraction of sp³-hybridized carbons (Fsp3) is 0.625. The number of hydrogen-bond acceptors (Lipinski definition) is 2. The summed E-state index contributed by atoms with van der Waals surface area (Å²) in [7, 11) is 0. The molecule has 108 valence electrons. The lowest BCUT2D eigenvalue weighted by atomic mass is 9.91. The summed E-state index contributed by atoms with van der Waals surface area (Å²) in [6, 6.07) is 6.77. The Bertz CT molecular complexity index is 377. The highest BCUT2D eigenvalue weighted by Crippen LogP contribution is 2.15. The van der Waals surface area contributed by atoms with Gasteiger partial charge in [-0.2, -0.15) is 0 Å². The van der Waals surface area contributed by atoms with Crippen LogP contribution in [0.5, 0.6) is 0 Å². The summed E-state index contributed by atoms with van der Waals surface area (Å²) >= 11 is 0. The van der Waals surface area contributed by atoms with Gasteiger partial charge in [0, 0.05) is 12.1 Å². The second kappa shape index (κ2) is 7.61. The Kier molecular flexibility index (Phi) is 6.46. The second-order valence-corrected chi connectivity index (χ2v) is 5.63. The Morgan fingerprint density at radius 3 is 2.53 bits per heavy atom. The van der Waals surface area contributed by atoms with Gasteiger partial charge in [-0.05, 0) is 43.5 Å². The zero-order valence-electron chi connectivity index (χ0n) is 12.4. The molecule has 0 amide bonds. The third kappa shape index (κ3) is 5.29. The highest BCUT2D eigenvalue weighted by atomic mass is 19.1. The maximum absolute atomic E-state index is 13.2. The molecule has 1 atom stereocenters. The van der Waals surface area contributed by atoms with Crippen molar-refractivity contribution in [2.24, 2.45) is 11.7 Å². The predicted molar refractivity (Wildman–Crippen MR) is 79.6 cm³/mol. The van der Waals surface area contributed by atoms with Gasteiger partial charge >= 0.3 is 0 Å². The van der Waals surface area contributed by atoms with Gasteiger partial charge < -0.3 is 11.1 Å². The molecule has 1 rings (SSSR count). The van der Waals surface area contributed by atoms with Gasteiger partial charge in [0.1, 0.15) is 5.82 Å². The molecule has 0 saturated heterocycles. The van der Waals surface area contributed by atoms with Crippen molar-refractivity contribution in [2.75, 3.05) is 13.1 Å². The van der Waals surface area contributed by atoms with Crippen LogP contribution >= 0.6 is 0 Å². The van der Waals surface area contributed by atoms with Crippen LogP contribution in [0.3, 0.4) is 0 Å². The van der Waals surface area contributed by atoms with Crippen LogP contribution in [0, 0.1) is 11.7 Å². The molecule has 0 aliphatic rings. The summed E-state index contributed by atoms with van der Waals surface area (Å²) in [4.78, 5) is 0. The van der Waals surface area contributed by atoms with Gasteiger partial charge in [-0.25, -0.2) is 4.39 Å². The molecule has 0 aromatic heterocycles. The van der Waals surface area contributed by atoms with Gasteiger partial charge in [0.05, 0.1) is 0 Å².